The lowest BCUT2D eigenvalue weighted by atomic mass is 9.95. The zero-order chi connectivity index (χ0) is 8.55. The quantitative estimate of drug-likeness (QED) is 0.579. The minimum atomic E-state index is 0.259. The van der Waals surface area contributed by atoms with Crippen LogP contribution in [-0.2, 0) is 9.53 Å². The summed E-state index contributed by atoms with van der Waals surface area (Å²) in [6.07, 6.45) is 1.27. The van der Waals surface area contributed by atoms with Gasteiger partial charge in [0, 0.05) is 12.8 Å². The van der Waals surface area contributed by atoms with E-state index in [1.165, 1.54) is 0 Å². The van der Waals surface area contributed by atoms with Crippen molar-refractivity contribution < 1.29 is 9.53 Å². The topological polar surface area (TPSA) is 41.6 Å². The molecule has 0 aliphatic carbocycles. The minimum absolute atomic E-state index is 0.259. The molecule has 68 valence electrons. The van der Waals surface area contributed by atoms with Gasteiger partial charge in [0.15, 0.2) is 0 Å². The number of ketones is 1. The Morgan fingerprint density at radius 3 is 2.50 bits per heavy atom. The standard InChI is InChI=1S/C8H14N2O2/c1-9-10-6-2-8(11)3-7(10)5-12-4-6/h6-7,9H,2-5H2,1H3. The van der Waals surface area contributed by atoms with Gasteiger partial charge in [-0.3, -0.25) is 10.2 Å². The van der Waals surface area contributed by atoms with Gasteiger partial charge in [0.05, 0.1) is 25.3 Å². The monoisotopic (exact) mass is 170 g/mol. The first kappa shape index (κ1) is 8.16. The molecule has 4 nitrogen and oxygen atoms in total. The van der Waals surface area contributed by atoms with Crippen molar-refractivity contribution in [2.24, 2.45) is 0 Å². The van der Waals surface area contributed by atoms with E-state index in [4.69, 9.17) is 4.74 Å². The number of Topliss-reactive ketones (excluding diaryl/α,β-unsaturated/α-hetero) is 1. The summed E-state index contributed by atoms with van der Waals surface area (Å²) < 4.78 is 5.38. The van der Waals surface area contributed by atoms with E-state index < -0.39 is 0 Å². The van der Waals surface area contributed by atoms with Crippen molar-refractivity contribution in [3.05, 3.63) is 0 Å². The molecule has 1 N–H and O–H groups in total. The molecule has 2 rings (SSSR count). The lowest BCUT2D eigenvalue weighted by Crippen LogP contribution is -2.61. The molecule has 0 saturated carbocycles. The van der Waals surface area contributed by atoms with Gasteiger partial charge in [0.1, 0.15) is 5.78 Å². The van der Waals surface area contributed by atoms with Crippen LogP contribution in [0.5, 0.6) is 0 Å². The molecule has 2 atom stereocenters. The van der Waals surface area contributed by atoms with Gasteiger partial charge in [-0.25, -0.2) is 5.01 Å². The van der Waals surface area contributed by atoms with Crippen LogP contribution in [0.25, 0.3) is 0 Å². The van der Waals surface area contributed by atoms with Crippen LogP contribution in [0.1, 0.15) is 12.8 Å². The number of morpholine rings is 1. The van der Waals surface area contributed by atoms with E-state index >= 15 is 0 Å². The summed E-state index contributed by atoms with van der Waals surface area (Å²) in [5.74, 6) is 0.375. The predicted molar refractivity (Wildman–Crippen MR) is 43.5 cm³/mol. The van der Waals surface area contributed by atoms with E-state index in [2.05, 4.69) is 10.4 Å². The molecule has 2 aliphatic heterocycles. The van der Waals surface area contributed by atoms with Gasteiger partial charge in [-0.1, -0.05) is 0 Å². The number of carbonyl (C=O) groups is 1. The fourth-order valence-corrected chi connectivity index (χ4v) is 2.09. The van der Waals surface area contributed by atoms with E-state index in [0.29, 0.717) is 31.8 Å². The Kier molecular flexibility index (Phi) is 2.12. The molecule has 2 fully saturated rings. The summed E-state index contributed by atoms with van der Waals surface area (Å²) >= 11 is 0. The average Bonchev–Trinajstić information content (AvgIpc) is 2.02. The predicted octanol–water partition coefficient (Wildman–Crippen LogP) is -0.447. The zero-order valence-electron chi connectivity index (χ0n) is 7.25. The maximum atomic E-state index is 11.2. The maximum absolute atomic E-state index is 11.2. The van der Waals surface area contributed by atoms with Crippen molar-refractivity contribution in [3.63, 3.8) is 0 Å². The Morgan fingerprint density at radius 1 is 1.42 bits per heavy atom. The number of hydrogen-bond donors (Lipinski definition) is 1. The third-order valence-corrected chi connectivity index (χ3v) is 2.59. The smallest absolute Gasteiger partial charge is 0.136 e. The van der Waals surface area contributed by atoms with Crippen LogP contribution >= 0.6 is 0 Å². The van der Waals surface area contributed by atoms with E-state index in [9.17, 15) is 4.79 Å². The number of fused-ring (bicyclic) bond motifs is 2. The molecule has 2 aliphatic rings. The van der Waals surface area contributed by atoms with Gasteiger partial charge < -0.3 is 4.74 Å². The lowest BCUT2D eigenvalue weighted by molar-refractivity contribution is -0.140. The Bertz CT molecular complexity index is 179. The van der Waals surface area contributed by atoms with Crippen molar-refractivity contribution in [1.82, 2.24) is 10.4 Å². The number of piperidine rings is 1. The molecule has 0 aromatic carbocycles. The summed E-state index contributed by atoms with van der Waals surface area (Å²) in [5, 5.41) is 2.16. The molecule has 0 amide bonds. The highest BCUT2D eigenvalue weighted by Gasteiger charge is 2.37. The average molecular weight is 170 g/mol. The first-order valence-electron chi connectivity index (χ1n) is 4.36. The van der Waals surface area contributed by atoms with E-state index in [-0.39, 0.29) is 12.1 Å². The van der Waals surface area contributed by atoms with E-state index in [1.807, 2.05) is 7.05 Å². The highest BCUT2D eigenvalue weighted by Crippen LogP contribution is 2.22. The molecule has 0 aromatic rings. The van der Waals surface area contributed by atoms with Crippen LogP contribution < -0.4 is 5.43 Å². The summed E-state index contributed by atoms with van der Waals surface area (Å²) in [4.78, 5) is 11.2. The number of rotatable bonds is 1. The third-order valence-electron chi connectivity index (χ3n) is 2.59. The molecule has 2 heterocycles. The second-order valence-corrected chi connectivity index (χ2v) is 3.42. The van der Waals surface area contributed by atoms with Crippen LogP contribution in [0.3, 0.4) is 0 Å². The highest BCUT2D eigenvalue weighted by atomic mass is 16.5. The Balaban J connectivity index is 2.11. The fraction of sp³-hybridized carbons (Fsp3) is 0.875. The minimum Gasteiger partial charge on any atom is -0.378 e. The summed E-state index contributed by atoms with van der Waals surface area (Å²) in [5.41, 5.74) is 3.13. The van der Waals surface area contributed by atoms with Crippen molar-refractivity contribution in [3.8, 4) is 0 Å². The number of ether oxygens (including phenoxy) is 1. The molecule has 2 unspecified atom stereocenters. The summed E-state index contributed by atoms with van der Waals surface area (Å²) in [6, 6.07) is 0.519. The van der Waals surface area contributed by atoms with Crippen molar-refractivity contribution >= 4 is 5.78 Å². The molecular weight excluding hydrogens is 156 g/mol. The van der Waals surface area contributed by atoms with Gasteiger partial charge in [0.25, 0.3) is 0 Å². The molecule has 2 saturated heterocycles. The second kappa shape index (κ2) is 3.12. The summed E-state index contributed by atoms with van der Waals surface area (Å²) in [7, 11) is 1.90. The molecule has 0 spiro atoms. The van der Waals surface area contributed by atoms with E-state index in [0.717, 1.165) is 0 Å². The van der Waals surface area contributed by atoms with Crippen LogP contribution in [0.15, 0.2) is 0 Å². The van der Waals surface area contributed by atoms with Crippen LogP contribution in [0.2, 0.25) is 0 Å². The highest BCUT2D eigenvalue weighted by molar-refractivity contribution is 5.80. The van der Waals surface area contributed by atoms with Crippen LogP contribution in [0, 0.1) is 0 Å². The van der Waals surface area contributed by atoms with Gasteiger partial charge in [0.2, 0.25) is 0 Å². The van der Waals surface area contributed by atoms with Gasteiger partial charge in [-0.05, 0) is 7.05 Å². The molecule has 0 radical (unpaired) electrons. The number of carbonyl (C=O) groups excluding carboxylic acids is 1. The molecule has 12 heavy (non-hydrogen) atoms. The Morgan fingerprint density at radius 2 is 2.00 bits per heavy atom. The normalized spacial score (nSPS) is 36.9. The maximum Gasteiger partial charge on any atom is 0.136 e. The van der Waals surface area contributed by atoms with Gasteiger partial charge in [-0.15, -0.1) is 0 Å². The van der Waals surface area contributed by atoms with Gasteiger partial charge in [-0.2, -0.15) is 0 Å². The number of nitrogens with one attached hydrogen (secondary N) is 1. The van der Waals surface area contributed by atoms with Crippen LogP contribution in [-0.4, -0.2) is 43.1 Å². The number of nitrogens with zero attached hydrogens (tertiary/aromatic N) is 1. The van der Waals surface area contributed by atoms with E-state index in [1.54, 1.807) is 0 Å². The molecule has 4 heteroatoms. The fourth-order valence-electron chi connectivity index (χ4n) is 2.09. The molecule has 0 aromatic heterocycles. The number of hydrogen-bond acceptors (Lipinski definition) is 4. The van der Waals surface area contributed by atoms with Crippen LogP contribution in [0.4, 0.5) is 0 Å². The summed E-state index contributed by atoms with van der Waals surface area (Å²) in [6.45, 7) is 1.37. The number of hydrazine groups is 1. The lowest BCUT2D eigenvalue weighted by Gasteiger charge is -2.44. The van der Waals surface area contributed by atoms with Crippen molar-refractivity contribution in [1.29, 1.82) is 0 Å². The second-order valence-electron chi connectivity index (χ2n) is 3.42. The first-order chi connectivity index (χ1) is 5.81. The Labute approximate surface area is 71.8 Å². The SMILES string of the molecule is CNN1C2COCC1CC(=O)C2. The first-order valence-corrected chi connectivity index (χ1v) is 4.36. The van der Waals surface area contributed by atoms with Crippen molar-refractivity contribution in [2.75, 3.05) is 20.3 Å². The zero-order valence-corrected chi connectivity index (χ0v) is 7.25. The molecule has 2 bridgehead atoms. The largest absolute Gasteiger partial charge is 0.378 e. The van der Waals surface area contributed by atoms with Gasteiger partial charge >= 0.3 is 0 Å². The van der Waals surface area contributed by atoms with Crippen molar-refractivity contribution in [2.45, 2.75) is 24.9 Å². The molecular formula is C8H14N2O2. The third kappa shape index (κ3) is 1.26. The Hall–Kier alpha value is -0.450.